The molecular weight excluding hydrogens is 352 g/mol. The van der Waals surface area contributed by atoms with E-state index in [2.05, 4.69) is 15.6 Å². The zero-order valence-electron chi connectivity index (χ0n) is 15.9. The zero-order chi connectivity index (χ0) is 19.0. The molecule has 0 spiro atoms. The van der Waals surface area contributed by atoms with Gasteiger partial charge < -0.3 is 15.4 Å². The van der Waals surface area contributed by atoms with Gasteiger partial charge in [0, 0.05) is 31.7 Å². The van der Waals surface area contributed by atoms with E-state index < -0.39 is 10.0 Å². The van der Waals surface area contributed by atoms with E-state index >= 15 is 0 Å². The highest BCUT2D eigenvalue weighted by molar-refractivity contribution is 7.89. The molecule has 8 heteroatoms. The van der Waals surface area contributed by atoms with Crippen molar-refractivity contribution in [2.75, 3.05) is 38.5 Å². The highest BCUT2D eigenvalue weighted by Gasteiger charge is 2.27. The van der Waals surface area contributed by atoms with Crippen LogP contribution >= 0.6 is 0 Å². The topological polar surface area (TPSA) is 83.0 Å². The van der Waals surface area contributed by atoms with Crippen LogP contribution in [0.5, 0.6) is 5.75 Å². The number of benzene rings is 1. The minimum absolute atomic E-state index is 0.259. The van der Waals surface area contributed by atoms with Crippen LogP contribution in [0.1, 0.15) is 31.4 Å². The molecule has 1 saturated heterocycles. The molecule has 0 radical (unpaired) electrons. The largest absolute Gasteiger partial charge is 0.494 e. The minimum atomic E-state index is -3.05. The number of rotatable bonds is 8. The first-order chi connectivity index (χ1) is 12.5. The minimum Gasteiger partial charge on any atom is -0.494 e. The molecule has 0 aliphatic carbocycles. The molecular formula is C18H30N4O3S. The third-order valence-corrected chi connectivity index (χ3v) is 6.09. The van der Waals surface area contributed by atoms with Gasteiger partial charge in [-0.3, -0.25) is 0 Å². The SMILES string of the molecule is CCNC(=NCc1ccc(C)cc1OCC)NCCN1CCCS1(=O)=O. The molecule has 1 fully saturated rings. The van der Waals surface area contributed by atoms with Gasteiger partial charge in [0.2, 0.25) is 10.0 Å². The van der Waals surface area contributed by atoms with Gasteiger partial charge in [0.25, 0.3) is 0 Å². The molecule has 1 heterocycles. The van der Waals surface area contributed by atoms with Crippen LogP contribution in [0, 0.1) is 6.92 Å². The monoisotopic (exact) mass is 382 g/mol. The van der Waals surface area contributed by atoms with Crippen molar-refractivity contribution in [3.63, 3.8) is 0 Å². The van der Waals surface area contributed by atoms with E-state index in [1.807, 2.05) is 39.0 Å². The summed E-state index contributed by atoms with van der Waals surface area (Å²) in [7, 11) is -3.05. The predicted octanol–water partition coefficient (Wildman–Crippen LogP) is 1.48. The predicted molar refractivity (Wildman–Crippen MR) is 105 cm³/mol. The van der Waals surface area contributed by atoms with Crippen LogP contribution in [0.4, 0.5) is 0 Å². The van der Waals surface area contributed by atoms with Crippen molar-refractivity contribution in [2.45, 2.75) is 33.7 Å². The van der Waals surface area contributed by atoms with E-state index in [0.717, 1.165) is 23.4 Å². The first-order valence-corrected chi connectivity index (χ1v) is 10.8. The van der Waals surface area contributed by atoms with E-state index in [1.54, 1.807) is 0 Å². The lowest BCUT2D eigenvalue weighted by atomic mass is 10.1. The first kappa shape index (κ1) is 20.5. The van der Waals surface area contributed by atoms with Crippen molar-refractivity contribution in [3.05, 3.63) is 29.3 Å². The summed E-state index contributed by atoms with van der Waals surface area (Å²) < 4.78 is 30.9. The summed E-state index contributed by atoms with van der Waals surface area (Å²) in [6, 6.07) is 6.10. The van der Waals surface area contributed by atoms with Gasteiger partial charge in [-0.1, -0.05) is 12.1 Å². The third kappa shape index (κ3) is 5.88. The number of guanidine groups is 1. The van der Waals surface area contributed by atoms with E-state index in [0.29, 0.717) is 45.2 Å². The molecule has 1 aromatic carbocycles. The molecule has 0 saturated carbocycles. The van der Waals surface area contributed by atoms with E-state index in [4.69, 9.17) is 4.74 Å². The summed E-state index contributed by atoms with van der Waals surface area (Å²) in [6.07, 6.45) is 0.712. The van der Waals surface area contributed by atoms with E-state index in [1.165, 1.54) is 4.31 Å². The molecule has 1 aliphatic rings. The summed E-state index contributed by atoms with van der Waals surface area (Å²) in [4.78, 5) is 4.60. The van der Waals surface area contributed by atoms with Crippen molar-refractivity contribution >= 4 is 16.0 Å². The van der Waals surface area contributed by atoms with Gasteiger partial charge in [0.05, 0.1) is 18.9 Å². The lowest BCUT2D eigenvalue weighted by molar-refractivity contribution is 0.336. The van der Waals surface area contributed by atoms with Crippen molar-refractivity contribution in [2.24, 2.45) is 4.99 Å². The van der Waals surface area contributed by atoms with Crippen LogP contribution in [0.3, 0.4) is 0 Å². The fourth-order valence-electron chi connectivity index (χ4n) is 2.83. The van der Waals surface area contributed by atoms with Crippen LogP contribution in [-0.4, -0.2) is 57.2 Å². The number of nitrogens with one attached hydrogen (secondary N) is 2. The number of aliphatic imine (C=N–C) groups is 1. The number of hydrogen-bond acceptors (Lipinski definition) is 4. The van der Waals surface area contributed by atoms with E-state index in [-0.39, 0.29) is 5.75 Å². The zero-order valence-corrected chi connectivity index (χ0v) is 16.7. The fraction of sp³-hybridized carbons (Fsp3) is 0.611. The Morgan fingerprint density at radius 3 is 2.77 bits per heavy atom. The molecule has 2 N–H and O–H groups in total. The third-order valence-electron chi connectivity index (χ3n) is 4.13. The second-order valence-corrected chi connectivity index (χ2v) is 8.32. The molecule has 0 atom stereocenters. The smallest absolute Gasteiger partial charge is 0.214 e. The summed E-state index contributed by atoms with van der Waals surface area (Å²) in [5.41, 5.74) is 2.18. The molecule has 7 nitrogen and oxygen atoms in total. The molecule has 26 heavy (non-hydrogen) atoms. The van der Waals surface area contributed by atoms with E-state index in [9.17, 15) is 8.42 Å². The number of nitrogens with zero attached hydrogens (tertiary/aromatic N) is 2. The average molecular weight is 383 g/mol. The molecule has 0 aromatic heterocycles. The molecule has 2 rings (SSSR count). The first-order valence-electron chi connectivity index (χ1n) is 9.18. The summed E-state index contributed by atoms with van der Waals surface area (Å²) in [6.45, 7) is 9.44. The quantitative estimate of drug-likeness (QED) is 0.526. The fourth-order valence-corrected chi connectivity index (χ4v) is 4.36. The maximum Gasteiger partial charge on any atom is 0.214 e. The second kappa shape index (κ2) is 9.78. The molecule has 0 bridgehead atoms. The van der Waals surface area contributed by atoms with Crippen molar-refractivity contribution in [1.82, 2.24) is 14.9 Å². The number of hydrogen-bond donors (Lipinski definition) is 2. The Balaban J connectivity index is 1.96. The van der Waals surface area contributed by atoms with Crippen LogP contribution in [0.25, 0.3) is 0 Å². The van der Waals surface area contributed by atoms with Gasteiger partial charge in [0.15, 0.2) is 5.96 Å². The van der Waals surface area contributed by atoms with Crippen LogP contribution in [0.2, 0.25) is 0 Å². The van der Waals surface area contributed by atoms with Crippen LogP contribution in [0.15, 0.2) is 23.2 Å². The molecule has 0 unspecified atom stereocenters. The van der Waals surface area contributed by atoms with Crippen molar-refractivity contribution in [3.8, 4) is 5.75 Å². The Morgan fingerprint density at radius 2 is 2.12 bits per heavy atom. The van der Waals surface area contributed by atoms with Gasteiger partial charge in [-0.05, 0) is 38.8 Å². The van der Waals surface area contributed by atoms with Gasteiger partial charge >= 0.3 is 0 Å². The maximum atomic E-state index is 11.8. The Hall–Kier alpha value is -1.80. The summed E-state index contributed by atoms with van der Waals surface area (Å²) in [5.74, 6) is 1.79. The van der Waals surface area contributed by atoms with Gasteiger partial charge in [0.1, 0.15) is 5.75 Å². The Labute approximate surface area is 156 Å². The second-order valence-electron chi connectivity index (χ2n) is 6.23. The summed E-state index contributed by atoms with van der Waals surface area (Å²) >= 11 is 0. The Bertz CT molecular complexity index is 719. The maximum absolute atomic E-state index is 11.8. The van der Waals surface area contributed by atoms with Gasteiger partial charge in [-0.15, -0.1) is 0 Å². The average Bonchev–Trinajstić information content (AvgIpc) is 2.93. The number of sulfonamides is 1. The lowest BCUT2D eigenvalue weighted by Crippen LogP contribution is -2.42. The number of ether oxygens (including phenoxy) is 1. The molecule has 1 aromatic rings. The van der Waals surface area contributed by atoms with Crippen molar-refractivity contribution in [1.29, 1.82) is 0 Å². The Kier molecular flexibility index (Phi) is 7.71. The number of aryl methyl sites for hydroxylation is 1. The molecule has 146 valence electrons. The van der Waals surface area contributed by atoms with Crippen LogP contribution < -0.4 is 15.4 Å². The summed E-state index contributed by atoms with van der Waals surface area (Å²) in [5, 5.41) is 6.40. The molecule has 1 aliphatic heterocycles. The standard InChI is InChI=1S/C18H30N4O3S/c1-4-19-18(20-9-11-22-10-6-12-26(22,23)24)21-14-16-8-7-15(3)13-17(16)25-5-2/h7-8,13H,4-6,9-12,14H2,1-3H3,(H2,19,20,21). The normalized spacial score (nSPS) is 17.3. The lowest BCUT2D eigenvalue weighted by Gasteiger charge is -2.16. The van der Waals surface area contributed by atoms with Crippen molar-refractivity contribution < 1.29 is 13.2 Å². The highest BCUT2D eigenvalue weighted by atomic mass is 32.2. The van der Waals surface area contributed by atoms with Gasteiger partial charge in [-0.25, -0.2) is 17.7 Å². The molecule has 0 amide bonds. The Morgan fingerprint density at radius 1 is 1.31 bits per heavy atom. The highest BCUT2D eigenvalue weighted by Crippen LogP contribution is 2.21. The van der Waals surface area contributed by atoms with Crippen LogP contribution in [-0.2, 0) is 16.6 Å². The van der Waals surface area contributed by atoms with Gasteiger partial charge in [-0.2, -0.15) is 0 Å².